The molecule has 0 aromatic carbocycles. The van der Waals surface area contributed by atoms with Crippen LogP contribution in [0.15, 0.2) is 30.9 Å². The van der Waals surface area contributed by atoms with Crippen molar-refractivity contribution in [2.24, 2.45) is 0 Å². The third-order valence-electron chi connectivity index (χ3n) is 3.30. The Bertz CT molecular complexity index is 606. The number of carboxylic acids is 1. The first-order valence-corrected chi connectivity index (χ1v) is 6.62. The van der Waals surface area contributed by atoms with E-state index in [1.54, 1.807) is 17.1 Å². The van der Waals surface area contributed by atoms with Gasteiger partial charge in [0.2, 0.25) is 0 Å². The Morgan fingerprint density at radius 1 is 1.30 bits per heavy atom. The zero-order valence-corrected chi connectivity index (χ0v) is 10.9. The van der Waals surface area contributed by atoms with Crippen LogP contribution >= 0.6 is 0 Å². The smallest absolute Gasteiger partial charge is 0.309 e. The van der Waals surface area contributed by atoms with Crippen LogP contribution in [0.5, 0.6) is 0 Å². The molecule has 1 fully saturated rings. The number of hydrogen-bond donors (Lipinski definition) is 1. The monoisotopic (exact) mass is 271 g/mol. The van der Waals surface area contributed by atoms with Gasteiger partial charge in [0, 0.05) is 24.0 Å². The van der Waals surface area contributed by atoms with Gasteiger partial charge in [-0.15, -0.1) is 0 Å². The molecule has 0 saturated heterocycles. The fourth-order valence-electron chi connectivity index (χ4n) is 1.97. The van der Waals surface area contributed by atoms with Gasteiger partial charge < -0.3 is 5.11 Å². The molecule has 102 valence electrons. The third-order valence-corrected chi connectivity index (χ3v) is 3.30. The topological polar surface area (TPSA) is 79.9 Å². The Morgan fingerprint density at radius 2 is 2.05 bits per heavy atom. The molecular formula is C14H15N4O2+. The molecule has 3 rings (SSSR count). The number of aryl methyl sites for hydroxylation is 1. The number of aromatic nitrogens is 4. The fraction of sp³-hybridized carbons (Fsp3) is 0.357. The van der Waals surface area contributed by atoms with Crippen molar-refractivity contribution in [3.8, 4) is 11.4 Å². The molecule has 2 aromatic heterocycles. The molecule has 0 unspecified atom stereocenters. The number of aliphatic carboxylic acids is 1. The van der Waals surface area contributed by atoms with Crippen molar-refractivity contribution in [2.75, 3.05) is 0 Å². The molecule has 6 heteroatoms. The van der Waals surface area contributed by atoms with Crippen LogP contribution in [0.25, 0.3) is 11.4 Å². The third kappa shape index (κ3) is 2.96. The summed E-state index contributed by atoms with van der Waals surface area (Å²) < 4.78 is 1.59. The van der Waals surface area contributed by atoms with Crippen molar-refractivity contribution in [3.63, 3.8) is 0 Å². The summed E-state index contributed by atoms with van der Waals surface area (Å²) in [4.78, 5) is 19.2. The number of rotatable bonds is 5. The maximum atomic E-state index is 10.5. The summed E-state index contributed by atoms with van der Waals surface area (Å²) in [6, 6.07) is 1.85. The summed E-state index contributed by atoms with van der Waals surface area (Å²) in [7, 11) is 0. The van der Waals surface area contributed by atoms with Gasteiger partial charge in [-0.3, -0.25) is 4.79 Å². The lowest BCUT2D eigenvalue weighted by Gasteiger charge is -2.00. The minimum Gasteiger partial charge on any atom is -0.481 e. The highest BCUT2D eigenvalue weighted by molar-refractivity contribution is 5.66. The van der Waals surface area contributed by atoms with E-state index in [1.807, 2.05) is 18.5 Å². The Morgan fingerprint density at radius 3 is 2.60 bits per heavy atom. The summed E-state index contributed by atoms with van der Waals surface area (Å²) in [6.45, 7) is 0.358. The van der Waals surface area contributed by atoms with Crippen LogP contribution in [-0.4, -0.2) is 26.1 Å². The molecule has 2 heterocycles. The highest BCUT2D eigenvalue weighted by Crippen LogP contribution is 2.39. The summed E-state index contributed by atoms with van der Waals surface area (Å²) in [5, 5.41) is 12.8. The fourth-order valence-corrected chi connectivity index (χ4v) is 1.97. The second-order valence-electron chi connectivity index (χ2n) is 4.94. The second kappa shape index (κ2) is 5.32. The first-order valence-electron chi connectivity index (χ1n) is 6.62. The number of carboxylic acid groups (broad SMARTS) is 1. The summed E-state index contributed by atoms with van der Waals surface area (Å²) in [5.74, 6) is 0.464. The van der Waals surface area contributed by atoms with Gasteiger partial charge in [0.25, 0.3) is 0 Å². The van der Waals surface area contributed by atoms with E-state index in [1.165, 1.54) is 18.4 Å². The number of hydrogen-bond acceptors (Lipinski definition) is 4. The first kappa shape index (κ1) is 12.7. The maximum absolute atomic E-state index is 10.5. The molecule has 1 N–H and O–H groups in total. The molecule has 0 radical (unpaired) electrons. The highest BCUT2D eigenvalue weighted by Gasteiger charge is 2.24. The predicted molar refractivity (Wildman–Crippen MR) is 69.7 cm³/mol. The van der Waals surface area contributed by atoms with Crippen LogP contribution in [-0.2, 0) is 11.3 Å². The Kier molecular flexibility index (Phi) is 3.37. The molecule has 1 aliphatic rings. The largest absolute Gasteiger partial charge is 0.481 e. The second-order valence-corrected chi connectivity index (χ2v) is 4.94. The van der Waals surface area contributed by atoms with Crippen LogP contribution in [0.3, 0.4) is 0 Å². The Balaban J connectivity index is 1.71. The normalized spacial score (nSPS) is 14.2. The van der Waals surface area contributed by atoms with Crippen molar-refractivity contribution in [2.45, 2.75) is 31.7 Å². The van der Waals surface area contributed by atoms with E-state index in [0.717, 1.165) is 5.56 Å². The van der Waals surface area contributed by atoms with Gasteiger partial charge in [0.05, 0.1) is 0 Å². The molecule has 20 heavy (non-hydrogen) atoms. The van der Waals surface area contributed by atoms with Crippen molar-refractivity contribution in [3.05, 3.63) is 36.4 Å². The van der Waals surface area contributed by atoms with Crippen LogP contribution < -0.4 is 4.68 Å². The van der Waals surface area contributed by atoms with E-state index >= 15 is 0 Å². The van der Waals surface area contributed by atoms with Crippen LogP contribution in [0.1, 0.15) is 30.7 Å². The average molecular weight is 271 g/mol. The van der Waals surface area contributed by atoms with Gasteiger partial charge in [-0.1, -0.05) is 4.68 Å². The number of carbonyl (C=O) groups is 1. The first-order chi connectivity index (χ1) is 9.72. The molecule has 1 saturated carbocycles. The van der Waals surface area contributed by atoms with Crippen LogP contribution in [0, 0.1) is 0 Å². The van der Waals surface area contributed by atoms with Crippen molar-refractivity contribution in [1.82, 2.24) is 15.1 Å². The van der Waals surface area contributed by atoms with E-state index < -0.39 is 5.97 Å². The zero-order valence-electron chi connectivity index (χ0n) is 10.9. The Hall–Kier alpha value is -2.37. The minimum atomic E-state index is -0.831. The van der Waals surface area contributed by atoms with Gasteiger partial charge in [-0.05, 0) is 29.4 Å². The standard InChI is InChI=1S/C14H14N4O2/c19-13(20)4-6-18-5-3-11(9-17-18)14-15-7-12(8-16-14)10-1-2-10/h3,5,7-10H,1-2,4,6H2/p+1. The van der Waals surface area contributed by atoms with Gasteiger partial charge in [-0.2, -0.15) is 0 Å². The zero-order chi connectivity index (χ0) is 13.9. The lowest BCUT2D eigenvalue weighted by molar-refractivity contribution is -0.752. The quantitative estimate of drug-likeness (QED) is 0.826. The molecule has 6 nitrogen and oxygen atoms in total. The van der Waals surface area contributed by atoms with Crippen LogP contribution in [0.2, 0.25) is 0 Å². The van der Waals surface area contributed by atoms with E-state index in [2.05, 4.69) is 15.1 Å². The summed E-state index contributed by atoms with van der Waals surface area (Å²) >= 11 is 0. The Labute approximate surface area is 116 Å². The molecule has 2 aromatic rings. The molecule has 1 aliphatic carbocycles. The van der Waals surface area contributed by atoms with Gasteiger partial charge >= 0.3 is 5.97 Å². The van der Waals surface area contributed by atoms with Crippen molar-refractivity contribution < 1.29 is 14.6 Å². The van der Waals surface area contributed by atoms with E-state index in [-0.39, 0.29) is 6.42 Å². The van der Waals surface area contributed by atoms with E-state index in [0.29, 0.717) is 18.3 Å². The lowest BCUT2D eigenvalue weighted by atomic mass is 10.2. The molecule has 0 atom stereocenters. The lowest BCUT2D eigenvalue weighted by Crippen LogP contribution is -2.38. The van der Waals surface area contributed by atoms with Crippen LogP contribution in [0.4, 0.5) is 0 Å². The summed E-state index contributed by atoms with van der Waals surface area (Å²) in [5.41, 5.74) is 2.04. The highest BCUT2D eigenvalue weighted by atomic mass is 16.4. The maximum Gasteiger partial charge on any atom is 0.309 e. The van der Waals surface area contributed by atoms with Gasteiger partial charge in [0.1, 0.15) is 12.6 Å². The molecular weight excluding hydrogens is 256 g/mol. The van der Waals surface area contributed by atoms with Gasteiger partial charge in [0.15, 0.2) is 18.6 Å². The van der Waals surface area contributed by atoms with E-state index in [4.69, 9.17) is 5.11 Å². The molecule has 0 spiro atoms. The summed E-state index contributed by atoms with van der Waals surface area (Å²) in [6.07, 6.45) is 9.70. The minimum absolute atomic E-state index is 0.0591. The predicted octanol–water partition coefficient (Wildman–Crippen LogP) is 1.18. The molecule has 0 aliphatic heterocycles. The average Bonchev–Trinajstić information content (AvgIpc) is 3.31. The van der Waals surface area contributed by atoms with Gasteiger partial charge in [-0.25, -0.2) is 9.97 Å². The SMILES string of the molecule is O=C(O)CC[n+]1ccc(-c2ncc(C3CC3)cn2)cn1. The van der Waals surface area contributed by atoms with Crippen molar-refractivity contribution >= 4 is 5.97 Å². The number of nitrogens with zero attached hydrogens (tertiary/aromatic N) is 4. The van der Waals surface area contributed by atoms with E-state index in [9.17, 15) is 4.79 Å². The molecule has 0 bridgehead atoms. The molecule has 0 amide bonds. The van der Waals surface area contributed by atoms with Crippen molar-refractivity contribution in [1.29, 1.82) is 0 Å².